The fraction of sp³-hybridized carbons (Fsp3) is 0.280. The summed E-state index contributed by atoms with van der Waals surface area (Å²) < 4.78 is 10.8. The third-order valence-corrected chi connectivity index (χ3v) is 5.40. The Kier molecular flexibility index (Phi) is 6.60. The molecule has 0 spiro atoms. The molecule has 6 nitrogen and oxygen atoms in total. The topological polar surface area (TPSA) is 67.9 Å². The highest BCUT2D eigenvalue weighted by molar-refractivity contribution is 6.04. The number of morpholine rings is 1. The maximum atomic E-state index is 12.6. The van der Waals surface area contributed by atoms with Gasteiger partial charge in [-0.05, 0) is 36.1 Å². The molecule has 0 aromatic heterocycles. The predicted octanol–water partition coefficient (Wildman–Crippen LogP) is 3.86. The monoisotopic (exact) mass is 418 g/mol. The van der Waals surface area contributed by atoms with E-state index in [0.717, 1.165) is 49.2 Å². The van der Waals surface area contributed by atoms with E-state index in [0.29, 0.717) is 11.3 Å². The van der Waals surface area contributed by atoms with Crippen LogP contribution < -0.4 is 5.32 Å². The van der Waals surface area contributed by atoms with E-state index in [1.807, 2.05) is 54.6 Å². The van der Waals surface area contributed by atoms with Crippen molar-refractivity contribution in [1.29, 1.82) is 0 Å². The molecule has 31 heavy (non-hydrogen) atoms. The number of benzene rings is 3. The molecule has 3 aromatic rings. The van der Waals surface area contributed by atoms with E-state index in [4.69, 9.17) is 9.47 Å². The molecule has 0 aliphatic carbocycles. The van der Waals surface area contributed by atoms with Crippen LogP contribution in [-0.2, 0) is 20.8 Å². The lowest BCUT2D eigenvalue weighted by atomic mass is 10.1. The number of carbonyl (C=O) groups excluding carboxylic acids is 2. The summed E-state index contributed by atoms with van der Waals surface area (Å²) in [5, 5.41) is 4.83. The Morgan fingerprint density at radius 2 is 1.71 bits per heavy atom. The number of hydrogen-bond acceptors (Lipinski definition) is 5. The second-order valence-electron chi connectivity index (χ2n) is 7.65. The standard InChI is InChI=1S/C25H26N2O4/c1-18(24(28)26-23-8-4-6-20-5-2-3-7-22(20)23)31-25(29)21-11-9-19(10-12-21)17-27-13-15-30-16-14-27/h2-12,18H,13-17H2,1H3,(H,26,28)/t18-/m0/s1. The van der Waals surface area contributed by atoms with Crippen LogP contribution in [0.2, 0.25) is 0 Å². The van der Waals surface area contributed by atoms with Crippen LogP contribution in [-0.4, -0.2) is 49.2 Å². The lowest BCUT2D eigenvalue weighted by Crippen LogP contribution is -2.35. The van der Waals surface area contributed by atoms with Gasteiger partial charge in [-0.1, -0.05) is 48.5 Å². The van der Waals surface area contributed by atoms with Crippen LogP contribution in [0.5, 0.6) is 0 Å². The number of ether oxygens (including phenoxy) is 2. The average Bonchev–Trinajstić information content (AvgIpc) is 2.80. The first-order valence-corrected chi connectivity index (χ1v) is 10.5. The molecule has 0 saturated carbocycles. The minimum Gasteiger partial charge on any atom is -0.449 e. The van der Waals surface area contributed by atoms with Crippen LogP contribution in [0, 0.1) is 0 Å². The van der Waals surface area contributed by atoms with Crippen LogP contribution in [0.25, 0.3) is 10.8 Å². The smallest absolute Gasteiger partial charge is 0.338 e. The number of hydrogen-bond donors (Lipinski definition) is 1. The van der Waals surface area contributed by atoms with Crippen molar-refractivity contribution in [3.63, 3.8) is 0 Å². The molecule has 0 bridgehead atoms. The van der Waals surface area contributed by atoms with E-state index in [1.165, 1.54) is 0 Å². The summed E-state index contributed by atoms with van der Waals surface area (Å²) in [5.74, 6) is -0.882. The molecule has 1 aliphatic heterocycles. The number of carbonyl (C=O) groups is 2. The molecule has 0 radical (unpaired) electrons. The molecule has 160 valence electrons. The maximum absolute atomic E-state index is 12.6. The molecule has 0 unspecified atom stereocenters. The number of anilines is 1. The lowest BCUT2D eigenvalue weighted by molar-refractivity contribution is -0.123. The molecule has 1 aliphatic rings. The lowest BCUT2D eigenvalue weighted by Gasteiger charge is -2.26. The molecule has 4 rings (SSSR count). The summed E-state index contributed by atoms with van der Waals surface area (Å²) in [6, 6.07) is 20.8. The van der Waals surface area contributed by atoms with Crippen LogP contribution in [0.3, 0.4) is 0 Å². The Labute approximate surface area is 181 Å². The first-order valence-electron chi connectivity index (χ1n) is 10.5. The molecule has 1 fully saturated rings. The maximum Gasteiger partial charge on any atom is 0.338 e. The molecular formula is C25H26N2O4. The average molecular weight is 418 g/mol. The van der Waals surface area contributed by atoms with Crippen molar-refractivity contribution < 1.29 is 19.1 Å². The Balaban J connectivity index is 1.34. The van der Waals surface area contributed by atoms with Gasteiger partial charge in [0.2, 0.25) is 0 Å². The number of amides is 1. The molecule has 3 aromatic carbocycles. The second-order valence-corrected chi connectivity index (χ2v) is 7.65. The zero-order chi connectivity index (χ0) is 21.6. The van der Waals surface area contributed by atoms with Gasteiger partial charge in [0, 0.05) is 30.7 Å². The molecule has 1 N–H and O–H groups in total. The number of nitrogens with zero attached hydrogens (tertiary/aromatic N) is 1. The molecule has 1 amide bonds. The van der Waals surface area contributed by atoms with Crippen molar-refractivity contribution in [3.05, 3.63) is 77.9 Å². The fourth-order valence-electron chi connectivity index (χ4n) is 3.61. The minimum absolute atomic E-state index is 0.367. The van der Waals surface area contributed by atoms with E-state index in [-0.39, 0.29) is 5.91 Å². The highest BCUT2D eigenvalue weighted by Gasteiger charge is 2.20. The molecule has 1 heterocycles. The second kappa shape index (κ2) is 9.73. The van der Waals surface area contributed by atoms with E-state index in [9.17, 15) is 9.59 Å². The highest BCUT2D eigenvalue weighted by atomic mass is 16.5. The van der Waals surface area contributed by atoms with Crippen molar-refractivity contribution in [2.75, 3.05) is 31.6 Å². The number of esters is 1. The Bertz CT molecular complexity index is 1050. The first-order chi connectivity index (χ1) is 15.1. The third kappa shape index (κ3) is 5.29. The van der Waals surface area contributed by atoms with Gasteiger partial charge in [0.1, 0.15) is 0 Å². The van der Waals surface area contributed by atoms with E-state index < -0.39 is 12.1 Å². The van der Waals surface area contributed by atoms with Crippen molar-refractivity contribution in [2.24, 2.45) is 0 Å². The molecular weight excluding hydrogens is 392 g/mol. The van der Waals surface area contributed by atoms with Gasteiger partial charge in [-0.15, -0.1) is 0 Å². The Hall–Kier alpha value is -3.22. The summed E-state index contributed by atoms with van der Waals surface area (Å²) in [6.45, 7) is 5.72. The molecule has 1 saturated heterocycles. The number of nitrogens with one attached hydrogen (secondary N) is 1. The zero-order valence-corrected chi connectivity index (χ0v) is 17.5. The summed E-state index contributed by atoms with van der Waals surface area (Å²) in [6.07, 6.45) is -0.917. The van der Waals surface area contributed by atoms with Crippen LogP contribution in [0.4, 0.5) is 5.69 Å². The van der Waals surface area contributed by atoms with Gasteiger partial charge in [-0.3, -0.25) is 9.69 Å². The van der Waals surface area contributed by atoms with E-state index in [1.54, 1.807) is 19.1 Å². The normalized spacial score (nSPS) is 15.4. The summed E-state index contributed by atoms with van der Waals surface area (Å²) in [5.41, 5.74) is 2.24. The van der Waals surface area contributed by atoms with Gasteiger partial charge in [0.25, 0.3) is 5.91 Å². The minimum atomic E-state index is -0.917. The molecule has 6 heteroatoms. The van der Waals surface area contributed by atoms with Gasteiger partial charge >= 0.3 is 5.97 Å². The van der Waals surface area contributed by atoms with Crippen LogP contribution in [0.1, 0.15) is 22.8 Å². The SMILES string of the molecule is C[C@H](OC(=O)c1ccc(CN2CCOCC2)cc1)C(=O)Nc1cccc2ccccc12. The number of rotatable bonds is 6. The van der Waals surface area contributed by atoms with Crippen molar-refractivity contribution in [3.8, 4) is 0 Å². The summed E-state index contributed by atoms with van der Waals surface area (Å²) >= 11 is 0. The highest BCUT2D eigenvalue weighted by Crippen LogP contribution is 2.23. The van der Waals surface area contributed by atoms with Crippen molar-refractivity contribution in [1.82, 2.24) is 4.90 Å². The van der Waals surface area contributed by atoms with Gasteiger partial charge in [0.05, 0.1) is 18.8 Å². The van der Waals surface area contributed by atoms with E-state index in [2.05, 4.69) is 10.2 Å². The van der Waals surface area contributed by atoms with E-state index >= 15 is 0 Å². The third-order valence-electron chi connectivity index (χ3n) is 5.40. The van der Waals surface area contributed by atoms with Gasteiger partial charge in [-0.2, -0.15) is 0 Å². The van der Waals surface area contributed by atoms with Crippen LogP contribution >= 0.6 is 0 Å². The quantitative estimate of drug-likeness (QED) is 0.616. The van der Waals surface area contributed by atoms with Crippen molar-refractivity contribution in [2.45, 2.75) is 19.6 Å². The van der Waals surface area contributed by atoms with Gasteiger partial charge < -0.3 is 14.8 Å². The predicted molar refractivity (Wildman–Crippen MR) is 120 cm³/mol. The largest absolute Gasteiger partial charge is 0.449 e. The van der Waals surface area contributed by atoms with Gasteiger partial charge in [-0.25, -0.2) is 4.79 Å². The Morgan fingerprint density at radius 1 is 1.00 bits per heavy atom. The number of fused-ring (bicyclic) bond motifs is 1. The van der Waals surface area contributed by atoms with Crippen molar-refractivity contribution >= 4 is 28.3 Å². The summed E-state index contributed by atoms with van der Waals surface area (Å²) in [7, 11) is 0. The van der Waals surface area contributed by atoms with Crippen LogP contribution in [0.15, 0.2) is 66.7 Å². The first kappa shape index (κ1) is 21.0. The molecule has 1 atom stereocenters. The fourth-order valence-corrected chi connectivity index (χ4v) is 3.61. The Morgan fingerprint density at radius 3 is 2.48 bits per heavy atom. The zero-order valence-electron chi connectivity index (χ0n) is 17.5. The summed E-state index contributed by atoms with van der Waals surface area (Å²) in [4.78, 5) is 27.4. The van der Waals surface area contributed by atoms with Gasteiger partial charge in [0.15, 0.2) is 6.10 Å².